The van der Waals surface area contributed by atoms with Gasteiger partial charge in [0, 0.05) is 0 Å². The summed E-state index contributed by atoms with van der Waals surface area (Å²) >= 11 is 0. The van der Waals surface area contributed by atoms with Crippen LogP contribution in [0.3, 0.4) is 0 Å². The molecule has 0 bridgehead atoms. The lowest BCUT2D eigenvalue weighted by molar-refractivity contribution is 0.0672. The Hall–Kier alpha value is -0.820. The van der Waals surface area contributed by atoms with Crippen molar-refractivity contribution >= 4 is 0 Å². The molecule has 86 valence electrons. The van der Waals surface area contributed by atoms with E-state index in [9.17, 15) is 5.11 Å². The molecule has 0 heterocycles. The average Bonchev–Trinajstić information content (AvgIpc) is 2.26. The molecule has 0 aromatic heterocycles. The van der Waals surface area contributed by atoms with E-state index in [4.69, 9.17) is 0 Å². The van der Waals surface area contributed by atoms with Gasteiger partial charge in [-0.3, -0.25) is 0 Å². The molecule has 0 radical (unpaired) electrons. The first-order valence-electron chi connectivity index (χ1n) is 6.60. The second kappa shape index (κ2) is 4.21. The molecular formula is C15H20O. The minimum atomic E-state index is -0.203. The van der Waals surface area contributed by atoms with Gasteiger partial charge in [0.05, 0.1) is 6.10 Å². The van der Waals surface area contributed by atoms with Crippen LogP contribution >= 0.6 is 0 Å². The Morgan fingerprint density at radius 3 is 2.69 bits per heavy atom. The summed E-state index contributed by atoms with van der Waals surface area (Å²) < 4.78 is 0. The fourth-order valence-electron chi connectivity index (χ4n) is 3.21. The lowest BCUT2D eigenvalue weighted by Gasteiger charge is -2.35. The van der Waals surface area contributed by atoms with Crippen LogP contribution in [0.25, 0.3) is 0 Å². The van der Waals surface area contributed by atoms with E-state index in [-0.39, 0.29) is 6.10 Å². The summed E-state index contributed by atoms with van der Waals surface area (Å²) in [4.78, 5) is 0. The van der Waals surface area contributed by atoms with E-state index in [1.165, 1.54) is 43.2 Å². The van der Waals surface area contributed by atoms with Gasteiger partial charge in [0.25, 0.3) is 0 Å². The highest BCUT2D eigenvalue weighted by Crippen LogP contribution is 2.41. The van der Waals surface area contributed by atoms with Crippen LogP contribution in [0, 0.1) is 11.8 Å². The topological polar surface area (TPSA) is 20.2 Å². The predicted molar refractivity (Wildman–Crippen MR) is 65.2 cm³/mol. The van der Waals surface area contributed by atoms with Gasteiger partial charge in [0.15, 0.2) is 0 Å². The molecule has 2 unspecified atom stereocenters. The van der Waals surface area contributed by atoms with Gasteiger partial charge < -0.3 is 5.11 Å². The molecule has 1 aromatic carbocycles. The lowest BCUT2D eigenvalue weighted by atomic mass is 9.72. The molecule has 2 aliphatic rings. The van der Waals surface area contributed by atoms with Crippen LogP contribution in [0.4, 0.5) is 0 Å². The van der Waals surface area contributed by atoms with Gasteiger partial charge in [-0.1, -0.05) is 43.5 Å². The van der Waals surface area contributed by atoms with E-state index in [2.05, 4.69) is 18.2 Å². The zero-order valence-electron chi connectivity index (χ0n) is 9.73. The van der Waals surface area contributed by atoms with E-state index in [1.807, 2.05) is 6.07 Å². The standard InChI is InChI=1S/C15H20O/c16-15-13(10-11-4-3-5-11)9-8-12-6-1-2-7-14(12)15/h1-2,6-7,11,13,15-16H,3-5,8-10H2. The third-order valence-corrected chi connectivity index (χ3v) is 4.47. The Morgan fingerprint density at radius 1 is 1.12 bits per heavy atom. The van der Waals surface area contributed by atoms with Gasteiger partial charge in [0.1, 0.15) is 0 Å². The number of benzene rings is 1. The second-order valence-electron chi connectivity index (χ2n) is 5.48. The molecule has 1 heteroatoms. The van der Waals surface area contributed by atoms with Crippen LogP contribution < -0.4 is 0 Å². The summed E-state index contributed by atoms with van der Waals surface area (Å²) in [7, 11) is 0. The highest BCUT2D eigenvalue weighted by molar-refractivity contribution is 5.31. The third kappa shape index (κ3) is 1.78. The smallest absolute Gasteiger partial charge is 0.0821 e. The molecule has 16 heavy (non-hydrogen) atoms. The first-order valence-corrected chi connectivity index (χ1v) is 6.60. The largest absolute Gasteiger partial charge is 0.388 e. The van der Waals surface area contributed by atoms with Gasteiger partial charge in [-0.15, -0.1) is 0 Å². The van der Waals surface area contributed by atoms with Gasteiger partial charge in [-0.2, -0.15) is 0 Å². The fourth-order valence-corrected chi connectivity index (χ4v) is 3.21. The van der Waals surface area contributed by atoms with Gasteiger partial charge in [0.2, 0.25) is 0 Å². The molecule has 0 saturated heterocycles. The van der Waals surface area contributed by atoms with Gasteiger partial charge in [-0.05, 0) is 42.2 Å². The SMILES string of the molecule is OC1c2ccccc2CCC1CC1CCC1. The van der Waals surface area contributed by atoms with Crippen LogP contribution in [0.5, 0.6) is 0 Å². The minimum Gasteiger partial charge on any atom is -0.388 e. The Bertz CT molecular complexity index is 367. The fraction of sp³-hybridized carbons (Fsp3) is 0.600. The molecule has 0 amide bonds. The van der Waals surface area contributed by atoms with E-state index in [0.717, 1.165) is 12.3 Å². The Labute approximate surface area is 97.5 Å². The first kappa shape index (κ1) is 10.3. The van der Waals surface area contributed by atoms with Crippen molar-refractivity contribution in [3.05, 3.63) is 35.4 Å². The number of hydrogen-bond acceptors (Lipinski definition) is 1. The maximum atomic E-state index is 10.4. The minimum absolute atomic E-state index is 0.203. The van der Waals surface area contributed by atoms with Crippen molar-refractivity contribution < 1.29 is 5.11 Å². The number of fused-ring (bicyclic) bond motifs is 1. The molecular weight excluding hydrogens is 196 g/mol. The van der Waals surface area contributed by atoms with E-state index in [0.29, 0.717) is 5.92 Å². The van der Waals surface area contributed by atoms with E-state index >= 15 is 0 Å². The summed E-state index contributed by atoms with van der Waals surface area (Å²) in [5.74, 6) is 1.42. The maximum Gasteiger partial charge on any atom is 0.0821 e. The number of aryl methyl sites for hydroxylation is 1. The van der Waals surface area contributed by atoms with Crippen LogP contribution in [0.15, 0.2) is 24.3 Å². The molecule has 1 saturated carbocycles. The molecule has 3 rings (SSSR count). The second-order valence-corrected chi connectivity index (χ2v) is 5.48. The van der Waals surface area contributed by atoms with Gasteiger partial charge >= 0.3 is 0 Å². The highest BCUT2D eigenvalue weighted by atomic mass is 16.3. The Kier molecular flexibility index (Phi) is 2.72. The van der Waals surface area contributed by atoms with Crippen LogP contribution in [-0.4, -0.2) is 5.11 Å². The number of aliphatic hydroxyl groups excluding tert-OH is 1. The molecule has 1 aromatic rings. The van der Waals surface area contributed by atoms with Crippen molar-refractivity contribution in [2.24, 2.45) is 11.8 Å². The molecule has 2 atom stereocenters. The average molecular weight is 216 g/mol. The summed E-state index contributed by atoms with van der Waals surface area (Å²) in [6.07, 6.45) is 7.57. The van der Waals surface area contributed by atoms with Crippen LogP contribution in [0.1, 0.15) is 49.3 Å². The first-order chi connectivity index (χ1) is 7.84. The summed E-state index contributed by atoms with van der Waals surface area (Å²) in [5, 5.41) is 10.4. The maximum absolute atomic E-state index is 10.4. The number of aliphatic hydroxyl groups is 1. The molecule has 0 spiro atoms. The summed E-state index contributed by atoms with van der Waals surface area (Å²) in [6.45, 7) is 0. The Morgan fingerprint density at radius 2 is 1.94 bits per heavy atom. The molecule has 1 fully saturated rings. The van der Waals surface area contributed by atoms with E-state index < -0.39 is 0 Å². The third-order valence-electron chi connectivity index (χ3n) is 4.47. The molecule has 1 N–H and O–H groups in total. The van der Waals surface area contributed by atoms with E-state index in [1.54, 1.807) is 0 Å². The van der Waals surface area contributed by atoms with Crippen LogP contribution in [-0.2, 0) is 6.42 Å². The molecule has 1 nitrogen and oxygen atoms in total. The van der Waals surface area contributed by atoms with Crippen LogP contribution in [0.2, 0.25) is 0 Å². The predicted octanol–water partition coefficient (Wildman–Crippen LogP) is 3.47. The monoisotopic (exact) mass is 216 g/mol. The van der Waals surface area contributed by atoms with Crippen molar-refractivity contribution in [1.82, 2.24) is 0 Å². The van der Waals surface area contributed by atoms with Gasteiger partial charge in [-0.25, -0.2) is 0 Å². The summed E-state index contributed by atoms with van der Waals surface area (Å²) in [5.41, 5.74) is 2.55. The van der Waals surface area contributed by atoms with Crippen molar-refractivity contribution in [2.75, 3.05) is 0 Å². The van der Waals surface area contributed by atoms with Crippen molar-refractivity contribution in [3.8, 4) is 0 Å². The normalized spacial score (nSPS) is 29.6. The number of rotatable bonds is 2. The molecule has 0 aliphatic heterocycles. The quantitative estimate of drug-likeness (QED) is 0.802. The Balaban J connectivity index is 1.75. The zero-order valence-corrected chi connectivity index (χ0v) is 9.73. The molecule has 2 aliphatic carbocycles. The van der Waals surface area contributed by atoms with Crippen molar-refractivity contribution in [3.63, 3.8) is 0 Å². The highest BCUT2D eigenvalue weighted by Gasteiger charge is 2.31. The lowest BCUT2D eigenvalue weighted by Crippen LogP contribution is -2.25. The van der Waals surface area contributed by atoms with Crippen molar-refractivity contribution in [1.29, 1.82) is 0 Å². The van der Waals surface area contributed by atoms with Crippen molar-refractivity contribution in [2.45, 2.75) is 44.6 Å². The summed E-state index contributed by atoms with van der Waals surface area (Å²) in [6, 6.07) is 8.40. The zero-order chi connectivity index (χ0) is 11.0. The number of hydrogen-bond donors (Lipinski definition) is 1.